The van der Waals surface area contributed by atoms with Crippen LogP contribution in [-0.4, -0.2) is 40.3 Å². The molecular weight excluding hydrogens is 392 g/mol. The minimum absolute atomic E-state index is 0.286. The second-order valence-electron chi connectivity index (χ2n) is 7.74. The monoisotopic (exact) mass is 418 g/mol. The van der Waals surface area contributed by atoms with E-state index < -0.39 is 15.6 Å². The molecule has 0 spiro atoms. The van der Waals surface area contributed by atoms with Gasteiger partial charge in [-0.1, -0.05) is 12.1 Å². The summed E-state index contributed by atoms with van der Waals surface area (Å²) >= 11 is 0. The van der Waals surface area contributed by atoms with E-state index in [-0.39, 0.29) is 17.5 Å². The zero-order valence-electron chi connectivity index (χ0n) is 17.2. The molecule has 0 saturated heterocycles. The summed E-state index contributed by atoms with van der Waals surface area (Å²) in [6, 6.07) is 11.8. The second kappa shape index (κ2) is 7.59. The fraction of sp³-hybridized carbons (Fsp3) is 0.381. The Morgan fingerprint density at radius 3 is 2.59 bits per heavy atom. The van der Waals surface area contributed by atoms with Gasteiger partial charge in [-0.25, -0.2) is 8.42 Å². The molecular formula is C21H26N2O5S. The maximum atomic E-state index is 13.1. The number of methoxy groups -OCH3 is 1. The van der Waals surface area contributed by atoms with E-state index in [0.717, 1.165) is 16.1 Å². The van der Waals surface area contributed by atoms with Gasteiger partial charge in [-0.3, -0.25) is 9.10 Å². The fourth-order valence-corrected chi connectivity index (χ4v) is 3.96. The standard InChI is InChI=1S/C21H26N2O5S/c1-21(2)13-17(16-12-14(27-4)10-11-19(16)28-21)22-20(24)15-8-6-7-9-18(15)23(3)29(5,25)26/h6-12,17H,13H2,1-5H3,(H,22,24). The lowest BCUT2D eigenvalue weighted by Crippen LogP contribution is -2.41. The predicted molar refractivity (Wildman–Crippen MR) is 112 cm³/mol. The minimum Gasteiger partial charge on any atom is -0.497 e. The summed E-state index contributed by atoms with van der Waals surface area (Å²) in [5, 5.41) is 3.05. The highest BCUT2D eigenvalue weighted by molar-refractivity contribution is 7.92. The lowest BCUT2D eigenvalue weighted by Gasteiger charge is -2.38. The average molecular weight is 419 g/mol. The molecule has 0 bridgehead atoms. The number of rotatable bonds is 5. The van der Waals surface area contributed by atoms with E-state index in [2.05, 4.69) is 5.32 Å². The number of nitrogens with zero attached hydrogens (tertiary/aromatic N) is 1. The Hall–Kier alpha value is -2.74. The Labute approximate surface area is 171 Å². The van der Waals surface area contributed by atoms with Gasteiger partial charge in [-0.15, -0.1) is 0 Å². The molecule has 1 heterocycles. The smallest absolute Gasteiger partial charge is 0.253 e. The van der Waals surface area contributed by atoms with Gasteiger partial charge in [0.25, 0.3) is 5.91 Å². The van der Waals surface area contributed by atoms with Crippen LogP contribution < -0.4 is 19.1 Å². The normalized spacial score (nSPS) is 17.6. The Balaban J connectivity index is 1.96. The minimum atomic E-state index is -3.50. The van der Waals surface area contributed by atoms with Gasteiger partial charge in [0, 0.05) is 19.0 Å². The number of anilines is 1. The van der Waals surface area contributed by atoms with Crippen molar-refractivity contribution >= 4 is 21.6 Å². The summed E-state index contributed by atoms with van der Waals surface area (Å²) in [5.41, 5.74) is 0.965. The van der Waals surface area contributed by atoms with Gasteiger partial charge >= 0.3 is 0 Å². The van der Waals surface area contributed by atoms with Crippen molar-refractivity contribution in [3.8, 4) is 11.5 Å². The molecule has 0 aliphatic carbocycles. The van der Waals surface area contributed by atoms with Gasteiger partial charge in [0.15, 0.2) is 0 Å². The Bertz CT molecular complexity index is 1030. The van der Waals surface area contributed by atoms with Gasteiger partial charge in [-0.2, -0.15) is 0 Å². The molecule has 0 radical (unpaired) electrons. The van der Waals surface area contributed by atoms with Crippen LogP contribution in [0.5, 0.6) is 11.5 Å². The van der Waals surface area contributed by atoms with Crippen LogP contribution >= 0.6 is 0 Å². The van der Waals surface area contributed by atoms with E-state index in [1.807, 2.05) is 32.0 Å². The Morgan fingerprint density at radius 2 is 1.93 bits per heavy atom. The third kappa shape index (κ3) is 4.48. The number of benzene rings is 2. The van der Waals surface area contributed by atoms with Crippen LogP contribution in [0.2, 0.25) is 0 Å². The lowest BCUT2D eigenvalue weighted by atomic mass is 9.89. The molecule has 2 aromatic carbocycles. The molecule has 8 heteroatoms. The van der Waals surface area contributed by atoms with Crippen LogP contribution in [-0.2, 0) is 10.0 Å². The third-order valence-corrected chi connectivity index (χ3v) is 6.16. The van der Waals surface area contributed by atoms with Crippen molar-refractivity contribution in [1.82, 2.24) is 5.32 Å². The van der Waals surface area contributed by atoms with Crippen molar-refractivity contribution in [2.45, 2.75) is 31.9 Å². The van der Waals surface area contributed by atoms with E-state index in [0.29, 0.717) is 23.6 Å². The van der Waals surface area contributed by atoms with Gasteiger partial charge in [0.2, 0.25) is 10.0 Å². The number of ether oxygens (including phenoxy) is 2. The number of nitrogens with one attached hydrogen (secondary N) is 1. The van der Waals surface area contributed by atoms with Crippen LogP contribution in [0.3, 0.4) is 0 Å². The summed E-state index contributed by atoms with van der Waals surface area (Å²) in [6.07, 6.45) is 1.66. The first-order valence-corrected chi connectivity index (χ1v) is 11.1. The number of para-hydroxylation sites is 1. The molecule has 0 saturated carbocycles. The predicted octanol–water partition coefficient (Wildman–Crippen LogP) is 3.12. The zero-order valence-corrected chi connectivity index (χ0v) is 18.0. The number of fused-ring (bicyclic) bond motifs is 1. The summed E-state index contributed by atoms with van der Waals surface area (Å²) in [5.74, 6) is 1.00. The van der Waals surface area contributed by atoms with Crippen molar-refractivity contribution in [3.05, 3.63) is 53.6 Å². The molecule has 1 N–H and O–H groups in total. The molecule has 1 aliphatic rings. The Morgan fingerprint density at radius 1 is 1.24 bits per heavy atom. The van der Waals surface area contributed by atoms with Gasteiger partial charge in [0.1, 0.15) is 17.1 Å². The number of carbonyl (C=O) groups is 1. The molecule has 1 amide bonds. The fourth-order valence-electron chi connectivity index (χ4n) is 3.44. The maximum absolute atomic E-state index is 13.1. The molecule has 7 nitrogen and oxygen atoms in total. The SMILES string of the molecule is COc1ccc2c(c1)C(NC(=O)c1ccccc1N(C)S(C)(=O)=O)CC(C)(C)O2. The number of hydrogen-bond acceptors (Lipinski definition) is 5. The van der Waals surface area contributed by atoms with Crippen LogP contribution in [0.15, 0.2) is 42.5 Å². The maximum Gasteiger partial charge on any atom is 0.253 e. The first-order chi connectivity index (χ1) is 13.5. The van der Waals surface area contributed by atoms with Crippen molar-refractivity contribution in [2.75, 3.05) is 24.7 Å². The molecule has 1 aliphatic heterocycles. The highest BCUT2D eigenvalue weighted by atomic mass is 32.2. The third-order valence-electron chi connectivity index (χ3n) is 4.97. The first-order valence-electron chi connectivity index (χ1n) is 9.22. The summed E-state index contributed by atoms with van der Waals surface area (Å²) in [7, 11) is -0.491. The number of hydrogen-bond donors (Lipinski definition) is 1. The van der Waals surface area contributed by atoms with Crippen molar-refractivity contribution < 1.29 is 22.7 Å². The van der Waals surface area contributed by atoms with Crippen LogP contribution in [0.4, 0.5) is 5.69 Å². The number of carbonyl (C=O) groups excluding carboxylic acids is 1. The van der Waals surface area contributed by atoms with E-state index in [9.17, 15) is 13.2 Å². The molecule has 156 valence electrons. The van der Waals surface area contributed by atoms with E-state index in [1.54, 1.807) is 31.4 Å². The van der Waals surface area contributed by atoms with Crippen molar-refractivity contribution in [2.24, 2.45) is 0 Å². The zero-order chi connectivity index (χ0) is 21.4. The molecule has 29 heavy (non-hydrogen) atoms. The van der Waals surface area contributed by atoms with Gasteiger partial charge < -0.3 is 14.8 Å². The van der Waals surface area contributed by atoms with E-state index in [4.69, 9.17) is 9.47 Å². The molecule has 2 aromatic rings. The van der Waals surface area contributed by atoms with E-state index >= 15 is 0 Å². The number of amides is 1. The Kier molecular flexibility index (Phi) is 5.49. The second-order valence-corrected chi connectivity index (χ2v) is 9.76. The van der Waals surface area contributed by atoms with Gasteiger partial charge in [0.05, 0.1) is 30.7 Å². The number of sulfonamides is 1. The van der Waals surface area contributed by atoms with Crippen molar-refractivity contribution in [1.29, 1.82) is 0 Å². The highest BCUT2D eigenvalue weighted by Gasteiger charge is 2.35. The van der Waals surface area contributed by atoms with Crippen molar-refractivity contribution in [3.63, 3.8) is 0 Å². The molecule has 3 rings (SSSR count). The van der Waals surface area contributed by atoms with Gasteiger partial charge in [-0.05, 0) is 44.2 Å². The van der Waals surface area contributed by atoms with Crippen LogP contribution in [0, 0.1) is 0 Å². The molecule has 1 unspecified atom stereocenters. The lowest BCUT2D eigenvalue weighted by molar-refractivity contribution is 0.0618. The largest absolute Gasteiger partial charge is 0.497 e. The summed E-state index contributed by atoms with van der Waals surface area (Å²) < 4.78 is 36.4. The first kappa shape index (κ1) is 21.0. The summed E-state index contributed by atoms with van der Waals surface area (Å²) in [4.78, 5) is 13.1. The molecule has 1 atom stereocenters. The highest BCUT2D eigenvalue weighted by Crippen LogP contribution is 2.41. The summed E-state index contributed by atoms with van der Waals surface area (Å²) in [6.45, 7) is 3.93. The van der Waals surface area contributed by atoms with Crippen LogP contribution in [0.25, 0.3) is 0 Å². The van der Waals surface area contributed by atoms with Crippen LogP contribution in [0.1, 0.15) is 42.2 Å². The molecule has 0 aromatic heterocycles. The quantitative estimate of drug-likeness (QED) is 0.806. The average Bonchev–Trinajstić information content (AvgIpc) is 2.65. The molecule has 0 fully saturated rings. The van der Waals surface area contributed by atoms with E-state index in [1.165, 1.54) is 7.05 Å². The topological polar surface area (TPSA) is 84.9 Å².